The van der Waals surface area contributed by atoms with Gasteiger partial charge in [0, 0.05) is 0 Å². The molecule has 1 radical (unpaired) electrons. The normalized spacial score (nSPS) is 10.3. The lowest BCUT2D eigenvalue weighted by Gasteiger charge is -1.91. The highest BCUT2D eigenvalue weighted by molar-refractivity contribution is 7.33. The molecule has 43 valence electrons. The van der Waals surface area contributed by atoms with Gasteiger partial charge in [-0.15, -0.1) is 22.2 Å². The molecule has 0 aliphatic carbocycles. The molecule has 0 aliphatic heterocycles. The highest BCUT2D eigenvalue weighted by atomic mass is 35.7. The minimum atomic E-state index is -0.953. The molecule has 0 saturated carbocycles. The van der Waals surface area contributed by atoms with E-state index < -0.39 is 7.42 Å². The fourth-order valence-electron chi connectivity index (χ4n) is 0.310. The van der Waals surface area contributed by atoms with Crippen molar-refractivity contribution in [2.75, 3.05) is 0 Å². The van der Waals surface area contributed by atoms with Crippen LogP contribution in [0.4, 0.5) is 0 Å². The number of rotatable bonds is 3. The quantitative estimate of drug-likeness (QED) is 0.435. The minimum absolute atomic E-state index is 0.953. The number of hydrogen-bond acceptors (Lipinski definition) is 0. The van der Waals surface area contributed by atoms with Gasteiger partial charge in [-0.3, -0.25) is 0 Å². The summed E-state index contributed by atoms with van der Waals surface area (Å²) < 4.78 is 0. The Bertz CT molecular complexity index is 38.7. The van der Waals surface area contributed by atoms with Crippen LogP contribution in [0.2, 0.25) is 6.04 Å². The molecule has 0 saturated heterocycles. The van der Waals surface area contributed by atoms with E-state index in [0.717, 1.165) is 6.04 Å². The van der Waals surface area contributed by atoms with Crippen molar-refractivity contribution in [2.24, 2.45) is 0 Å². The highest BCUT2D eigenvalue weighted by Crippen LogP contribution is 2.07. The molecule has 0 aromatic heterocycles. The van der Waals surface area contributed by atoms with E-state index in [4.69, 9.17) is 22.2 Å². The topological polar surface area (TPSA) is 0 Å². The molecule has 0 N–H and O–H groups in total. The smallest absolute Gasteiger partial charge is 0.147 e. The molecular weight excluding hydrogens is 147 g/mol. The van der Waals surface area contributed by atoms with Crippen LogP contribution in [-0.2, 0) is 0 Å². The maximum atomic E-state index is 5.52. The maximum Gasteiger partial charge on any atom is 0.273 e. The van der Waals surface area contributed by atoms with Gasteiger partial charge in [0.25, 0.3) is 7.42 Å². The van der Waals surface area contributed by atoms with E-state index >= 15 is 0 Å². The average molecular weight is 156 g/mol. The van der Waals surface area contributed by atoms with Crippen LogP contribution in [0.3, 0.4) is 0 Å². The van der Waals surface area contributed by atoms with Gasteiger partial charge in [-0.1, -0.05) is 19.8 Å². The second-order valence-corrected chi connectivity index (χ2v) is 5.94. The molecule has 0 rings (SSSR count). The van der Waals surface area contributed by atoms with Gasteiger partial charge in [0.2, 0.25) is 0 Å². The highest BCUT2D eigenvalue weighted by Gasteiger charge is 1.99. The van der Waals surface area contributed by atoms with E-state index in [2.05, 4.69) is 6.92 Å². The molecule has 0 atom stereocenters. The summed E-state index contributed by atoms with van der Waals surface area (Å²) in [5, 5.41) is 0. The summed E-state index contributed by atoms with van der Waals surface area (Å²) in [6.45, 7) is 2.14. The molecule has 0 heterocycles. The predicted molar refractivity (Wildman–Crippen MR) is 37.2 cm³/mol. The van der Waals surface area contributed by atoms with E-state index in [1.54, 1.807) is 0 Å². The van der Waals surface area contributed by atoms with Gasteiger partial charge in [0.15, 0.2) is 0 Å². The lowest BCUT2D eigenvalue weighted by Crippen LogP contribution is -1.88. The fourth-order valence-corrected chi connectivity index (χ4v) is 1.73. The summed E-state index contributed by atoms with van der Waals surface area (Å²) in [5.74, 6) is 0. The monoisotopic (exact) mass is 155 g/mol. The summed E-state index contributed by atoms with van der Waals surface area (Å²) >= 11 is 11.0. The summed E-state index contributed by atoms with van der Waals surface area (Å²) in [5.41, 5.74) is 0. The first-order valence-corrected chi connectivity index (χ1v) is 6.17. The minimum Gasteiger partial charge on any atom is -0.147 e. The third kappa shape index (κ3) is 6.80. The molecule has 0 nitrogen and oxygen atoms in total. The SMILES string of the molecule is CCCC[Si](Cl)Cl. The third-order valence-electron chi connectivity index (χ3n) is 0.719. The van der Waals surface area contributed by atoms with Crippen molar-refractivity contribution >= 4 is 29.6 Å². The van der Waals surface area contributed by atoms with Crippen LogP contribution in [-0.4, -0.2) is 7.42 Å². The molecule has 0 bridgehead atoms. The van der Waals surface area contributed by atoms with Gasteiger partial charge in [0.05, 0.1) is 0 Å². The maximum absolute atomic E-state index is 5.52. The zero-order valence-corrected chi connectivity index (χ0v) is 6.89. The summed E-state index contributed by atoms with van der Waals surface area (Å²) in [7, 11) is -0.953. The average Bonchev–Trinajstić information content (AvgIpc) is 1.61. The van der Waals surface area contributed by atoms with E-state index in [9.17, 15) is 0 Å². The van der Waals surface area contributed by atoms with Crippen LogP contribution >= 0.6 is 22.2 Å². The lowest BCUT2D eigenvalue weighted by atomic mass is 10.4. The second kappa shape index (κ2) is 4.94. The first-order chi connectivity index (χ1) is 3.27. The number of hydrogen-bond donors (Lipinski definition) is 0. The van der Waals surface area contributed by atoms with Crippen LogP contribution in [0, 0.1) is 0 Å². The molecule has 0 aliphatic rings. The Morgan fingerprint density at radius 2 is 2.00 bits per heavy atom. The Hall–Kier alpha value is 0.797. The van der Waals surface area contributed by atoms with Gasteiger partial charge >= 0.3 is 0 Å². The van der Waals surface area contributed by atoms with E-state index in [1.165, 1.54) is 12.8 Å². The fraction of sp³-hybridized carbons (Fsp3) is 1.00. The van der Waals surface area contributed by atoms with E-state index in [-0.39, 0.29) is 0 Å². The lowest BCUT2D eigenvalue weighted by molar-refractivity contribution is 0.881. The summed E-state index contributed by atoms with van der Waals surface area (Å²) in [4.78, 5) is 0. The van der Waals surface area contributed by atoms with E-state index in [1.807, 2.05) is 0 Å². The van der Waals surface area contributed by atoms with Crippen molar-refractivity contribution in [3.63, 3.8) is 0 Å². The van der Waals surface area contributed by atoms with Gasteiger partial charge in [-0.25, -0.2) is 0 Å². The molecule has 3 heteroatoms. The van der Waals surface area contributed by atoms with Gasteiger partial charge < -0.3 is 0 Å². The molecule has 0 aromatic carbocycles. The second-order valence-electron chi connectivity index (χ2n) is 1.44. The molecule has 0 unspecified atom stereocenters. The Morgan fingerprint density at radius 3 is 2.14 bits per heavy atom. The van der Waals surface area contributed by atoms with Crippen molar-refractivity contribution in [2.45, 2.75) is 25.8 Å². The van der Waals surface area contributed by atoms with Crippen molar-refractivity contribution in [1.82, 2.24) is 0 Å². The van der Waals surface area contributed by atoms with E-state index in [0.29, 0.717) is 0 Å². The van der Waals surface area contributed by atoms with Crippen molar-refractivity contribution in [1.29, 1.82) is 0 Å². The molecule has 0 amide bonds. The summed E-state index contributed by atoms with van der Waals surface area (Å²) in [6, 6.07) is 1.03. The van der Waals surface area contributed by atoms with Gasteiger partial charge in [0.1, 0.15) is 0 Å². The van der Waals surface area contributed by atoms with Crippen LogP contribution in [0.1, 0.15) is 19.8 Å². The Labute approximate surface area is 55.8 Å². The van der Waals surface area contributed by atoms with Crippen molar-refractivity contribution in [3.05, 3.63) is 0 Å². The predicted octanol–water partition coefficient (Wildman–Crippen LogP) is 2.75. The van der Waals surface area contributed by atoms with Gasteiger partial charge in [-0.2, -0.15) is 0 Å². The first kappa shape index (κ1) is 7.80. The molecule has 0 spiro atoms. The Kier molecular flexibility index (Phi) is 5.51. The van der Waals surface area contributed by atoms with Crippen LogP contribution < -0.4 is 0 Å². The van der Waals surface area contributed by atoms with Crippen LogP contribution in [0.5, 0.6) is 0 Å². The van der Waals surface area contributed by atoms with Crippen molar-refractivity contribution in [3.8, 4) is 0 Å². The standard InChI is InChI=1S/C4H9Cl2Si/c1-2-3-4-7(5)6/h2-4H2,1H3. The van der Waals surface area contributed by atoms with Crippen LogP contribution in [0.15, 0.2) is 0 Å². The van der Waals surface area contributed by atoms with Crippen LogP contribution in [0.25, 0.3) is 0 Å². The first-order valence-electron chi connectivity index (χ1n) is 2.44. The number of unbranched alkanes of at least 4 members (excludes halogenated alkanes) is 1. The largest absolute Gasteiger partial charge is 0.273 e. The molecule has 0 fully saturated rings. The molecular formula is C4H9Cl2Si. The zero-order valence-electron chi connectivity index (χ0n) is 4.38. The zero-order chi connectivity index (χ0) is 5.70. The molecule has 7 heavy (non-hydrogen) atoms. The number of halogens is 2. The van der Waals surface area contributed by atoms with Gasteiger partial charge in [-0.05, 0) is 6.04 Å². The summed E-state index contributed by atoms with van der Waals surface area (Å²) in [6.07, 6.45) is 2.38. The third-order valence-corrected chi connectivity index (χ3v) is 2.58. The Balaban J connectivity index is 2.68. The van der Waals surface area contributed by atoms with Crippen molar-refractivity contribution < 1.29 is 0 Å². The molecule has 0 aromatic rings. The Morgan fingerprint density at radius 1 is 1.43 bits per heavy atom.